The molecule has 0 spiro atoms. The third kappa shape index (κ3) is 5.14. The molecule has 9 heteroatoms. The lowest BCUT2D eigenvalue weighted by Gasteiger charge is -2.37. The third-order valence-electron chi connectivity index (χ3n) is 7.04. The van der Waals surface area contributed by atoms with Gasteiger partial charge in [-0.2, -0.15) is 0 Å². The number of rotatable bonds is 8. The molecule has 0 unspecified atom stereocenters. The number of ether oxygens (including phenoxy) is 1. The van der Waals surface area contributed by atoms with Crippen LogP contribution in [0, 0.1) is 5.92 Å². The van der Waals surface area contributed by atoms with Gasteiger partial charge in [0.25, 0.3) is 5.91 Å². The number of morpholine rings is 1. The fourth-order valence-electron chi connectivity index (χ4n) is 4.98. The van der Waals surface area contributed by atoms with E-state index in [1.165, 1.54) is 6.07 Å². The van der Waals surface area contributed by atoms with Crippen molar-refractivity contribution in [3.8, 4) is 5.75 Å². The molecule has 0 aromatic heterocycles. The Morgan fingerprint density at radius 3 is 2.51 bits per heavy atom. The molecule has 186 valence electrons. The summed E-state index contributed by atoms with van der Waals surface area (Å²) in [5.74, 6) is 0.402. The van der Waals surface area contributed by atoms with E-state index in [9.17, 15) is 9.90 Å². The number of aliphatic imine (C=N–C) groups is 1. The highest BCUT2D eigenvalue weighted by Crippen LogP contribution is 2.50. The molecule has 5 rings (SSSR count). The van der Waals surface area contributed by atoms with Crippen molar-refractivity contribution in [2.75, 3.05) is 45.9 Å². The van der Waals surface area contributed by atoms with E-state index in [1.54, 1.807) is 30.6 Å². The van der Waals surface area contributed by atoms with Gasteiger partial charge in [-0.3, -0.25) is 14.7 Å². The number of hydrogen-bond acceptors (Lipinski definition) is 6. The van der Waals surface area contributed by atoms with E-state index in [4.69, 9.17) is 32.9 Å². The number of carbonyl (C=O) groups excluding carboxylic acids is 1. The van der Waals surface area contributed by atoms with Crippen molar-refractivity contribution in [1.82, 2.24) is 15.1 Å². The maximum atomic E-state index is 14.1. The van der Waals surface area contributed by atoms with E-state index in [0.717, 1.165) is 44.6 Å². The summed E-state index contributed by atoms with van der Waals surface area (Å²) in [6.45, 7) is 5.12. The van der Waals surface area contributed by atoms with Crippen LogP contribution >= 0.6 is 23.2 Å². The number of nitrogens with one attached hydrogen (secondary N) is 1. The van der Waals surface area contributed by atoms with Crippen LogP contribution in [0.1, 0.15) is 30.0 Å². The fourth-order valence-corrected chi connectivity index (χ4v) is 5.28. The molecule has 3 aliphatic rings. The number of benzene rings is 2. The van der Waals surface area contributed by atoms with Crippen LogP contribution in [0.2, 0.25) is 10.0 Å². The molecule has 1 amide bonds. The van der Waals surface area contributed by atoms with Gasteiger partial charge >= 0.3 is 0 Å². The fraction of sp³-hybridized carbons (Fsp3) is 0.462. The van der Waals surface area contributed by atoms with E-state index >= 15 is 0 Å². The molecule has 0 radical (unpaired) electrons. The van der Waals surface area contributed by atoms with E-state index in [2.05, 4.69) is 15.1 Å². The molecule has 2 atom stereocenters. The number of aromatic hydroxyl groups is 1. The summed E-state index contributed by atoms with van der Waals surface area (Å²) >= 11 is 12.3. The Hall–Kier alpha value is -2.32. The Labute approximate surface area is 215 Å². The second kappa shape index (κ2) is 10.3. The lowest BCUT2D eigenvalue weighted by molar-refractivity contribution is -0.128. The largest absolute Gasteiger partial charge is 0.508 e. The van der Waals surface area contributed by atoms with Crippen LogP contribution in [0.25, 0.3) is 0 Å². The molecule has 2 aromatic rings. The number of amides is 1. The summed E-state index contributed by atoms with van der Waals surface area (Å²) in [7, 11) is 0. The molecule has 2 N–H and O–H groups in total. The van der Waals surface area contributed by atoms with E-state index in [0.29, 0.717) is 41.3 Å². The Morgan fingerprint density at radius 1 is 1.11 bits per heavy atom. The Bertz CT molecular complexity index is 1090. The third-order valence-corrected chi connectivity index (χ3v) is 7.52. The van der Waals surface area contributed by atoms with Gasteiger partial charge in [-0.05, 0) is 48.6 Å². The molecule has 2 aromatic carbocycles. The summed E-state index contributed by atoms with van der Waals surface area (Å²) in [6, 6.07) is 11.8. The van der Waals surface area contributed by atoms with Crippen LogP contribution in [0.5, 0.6) is 5.75 Å². The minimum absolute atomic E-state index is 0.0493. The topological polar surface area (TPSA) is 77.4 Å². The summed E-state index contributed by atoms with van der Waals surface area (Å²) < 4.78 is 5.43. The standard InChI is InChI=1S/C26H30Cl2N4O3/c27-20-5-3-19(4-6-20)26(25(34)29-9-10-31-11-13-35-14-12-31)24(22-8-7-21(28)15-23(22)33)32(17-30-26)16-18-1-2-18/h3-8,15,17-18,24,33H,1-2,9-14,16H2,(H,29,34)/t24-,26+/m0/s1. The van der Waals surface area contributed by atoms with Crippen molar-refractivity contribution < 1.29 is 14.6 Å². The highest BCUT2D eigenvalue weighted by atomic mass is 35.5. The smallest absolute Gasteiger partial charge is 0.255 e. The second-order valence-corrected chi connectivity index (χ2v) is 10.3. The number of phenols is 1. The molecule has 1 saturated carbocycles. The maximum Gasteiger partial charge on any atom is 0.255 e. The molecular weight excluding hydrogens is 487 g/mol. The molecule has 7 nitrogen and oxygen atoms in total. The molecular formula is C26H30Cl2N4O3. The average molecular weight is 517 g/mol. The van der Waals surface area contributed by atoms with Crippen LogP contribution in [-0.4, -0.2) is 73.1 Å². The van der Waals surface area contributed by atoms with Crippen LogP contribution in [0.15, 0.2) is 47.5 Å². The zero-order chi connectivity index (χ0) is 24.4. The van der Waals surface area contributed by atoms with E-state index < -0.39 is 11.6 Å². The number of halogens is 2. The van der Waals surface area contributed by atoms with Crippen molar-refractivity contribution in [3.05, 3.63) is 63.6 Å². The lowest BCUT2D eigenvalue weighted by Crippen LogP contribution is -2.50. The summed E-state index contributed by atoms with van der Waals surface area (Å²) in [6.07, 6.45) is 4.08. The molecule has 0 bridgehead atoms. The van der Waals surface area contributed by atoms with E-state index in [-0.39, 0.29) is 11.7 Å². The van der Waals surface area contributed by atoms with Gasteiger partial charge in [0.1, 0.15) is 5.75 Å². The molecule has 35 heavy (non-hydrogen) atoms. The predicted molar refractivity (Wildman–Crippen MR) is 137 cm³/mol. The van der Waals surface area contributed by atoms with Crippen LogP contribution < -0.4 is 5.32 Å². The number of nitrogens with zero attached hydrogens (tertiary/aromatic N) is 3. The van der Waals surface area contributed by atoms with Crippen molar-refractivity contribution in [1.29, 1.82) is 0 Å². The zero-order valence-electron chi connectivity index (χ0n) is 19.5. The van der Waals surface area contributed by atoms with Gasteiger partial charge in [-0.15, -0.1) is 0 Å². The Morgan fingerprint density at radius 2 is 1.83 bits per heavy atom. The van der Waals surface area contributed by atoms with Crippen molar-refractivity contribution >= 4 is 35.4 Å². The molecule has 1 aliphatic carbocycles. The van der Waals surface area contributed by atoms with Gasteiger partial charge in [0.2, 0.25) is 0 Å². The van der Waals surface area contributed by atoms with Gasteiger partial charge in [-0.1, -0.05) is 41.4 Å². The average Bonchev–Trinajstić information content (AvgIpc) is 3.60. The highest BCUT2D eigenvalue weighted by molar-refractivity contribution is 6.31. The second-order valence-electron chi connectivity index (χ2n) is 9.47. The van der Waals surface area contributed by atoms with Crippen LogP contribution in [0.4, 0.5) is 0 Å². The summed E-state index contributed by atoms with van der Waals surface area (Å²) in [5.41, 5.74) is 0.0565. The van der Waals surface area contributed by atoms with Gasteiger partial charge in [0.05, 0.1) is 25.6 Å². The minimum atomic E-state index is -1.28. The summed E-state index contributed by atoms with van der Waals surface area (Å²) in [4.78, 5) is 23.3. The Balaban J connectivity index is 1.50. The lowest BCUT2D eigenvalue weighted by atomic mass is 9.78. The molecule has 1 saturated heterocycles. The number of phenolic OH excluding ortho intramolecular Hbond substituents is 1. The quantitative estimate of drug-likeness (QED) is 0.557. The van der Waals surface area contributed by atoms with Gasteiger partial charge in [-0.25, -0.2) is 0 Å². The van der Waals surface area contributed by atoms with Crippen LogP contribution in [0.3, 0.4) is 0 Å². The van der Waals surface area contributed by atoms with Crippen LogP contribution in [-0.2, 0) is 15.1 Å². The first kappa shape index (κ1) is 24.4. The monoisotopic (exact) mass is 516 g/mol. The van der Waals surface area contributed by atoms with Crippen molar-refractivity contribution in [3.63, 3.8) is 0 Å². The minimum Gasteiger partial charge on any atom is -0.508 e. The van der Waals surface area contributed by atoms with Crippen molar-refractivity contribution in [2.24, 2.45) is 10.9 Å². The molecule has 2 heterocycles. The Kier molecular flexibility index (Phi) is 7.21. The predicted octanol–water partition coefficient (Wildman–Crippen LogP) is 3.84. The first-order chi connectivity index (χ1) is 17.0. The van der Waals surface area contributed by atoms with Gasteiger partial charge < -0.3 is 20.1 Å². The first-order valence-corrected chi connectivity index (χ1v) is 12.9. The zero-order valence-corrected chi connectivity index (χ0v) is 21.0. The first-order valence-electron chi connectivity index (χ1n) is 12.1. The van der Waals surface area contributed by atoms with Gasteiger partial charge in [0.15, 0.2) is 5.54 Å². The normalized spacial score (nSPS) is 24.6. The maximum absolute atomic E-state index is 14.1. The molecule has 2 aliphatic heterocycles. The number of hydrogen-bond donors (Lipinski definition) is 2. The SMILES string of the molecule is O=C(NCCN1CCOCC1)[C@]1(c2ccc(Cl)cc2)N=CN(CC2CC2)[C@H]1c1ccc(Cl)cc1O. The van der Waals surface area contributed by atoms with Crippen molar-refractivity contribution in [2.45, 2.75) is 24.4 Å². The number of carbonyl (C=O) groups is 1. The molecule has 2 fully saturated rings. The highest BCUT2D eigenvalue weighted by Gasteiger charge is 2.54. The summed E-state index contributed by atoms with van der Waals surface area (Å²) in [5, 5.41) is 15.1. The van der Waals surface area contributed by atoms with E-state index in [1.807, 2.05) is 12.1 Å². The van der Waals surface area contributed by atoms with Gasteiger partial charge in [0, 0.05) is 48.3 Å².